The first-order chi connectivity index (χ1) is 8.11. The van der Waals surface area contributed by atoms with E-state index in [0.717, 1.165) is 6.29 Å². The molecule has 1 aromatic heterocycles. The third-order valence-corrected chi connectivity index (χ3v) is 2.22. The first kappa shape index (κ1) is 12.8. The fourth-order valence-electron chi connectivity index (χ4n) is 1.37. The lowest BCUT2D eigenvalue weighted by Gasteiger charge is -2.05. The molecule has 1 rings (SSSR count). The van der Waals surface area contributed by atoms with Gasteiger partial charge in [0, 0.05) is 23.7 Å². The number of ether oxygens (including phenoxy) is 1. The Labute approximate surface area is 98.1 Å². The quantitative estimate of drug-likeness (QED) is 0.443. The second kappa shape index (κ2) is 5.74. The van der Waals surface area contributed by atoms with Gasteiger partial charge in [-0.15, -0.1) is 0 Å². The maximum atomic E-state index is 10.9. The summed E-state index contributed by atoms with van der Waals surface area (Å²) in [5.74, 6) is -0.0139. The number of carbonyl (C=O) groups is 1. The summed E-state index contributed by atoms with van der Waals surface area (Å²) < 4.78 is 4.84. The Balaban J connectivity index is 3.23. The maximum Gasteiger partial charge on any atom is 0.334 e. The minimum Gasteiger partial charge on any atom is -0.476 e. The number of rotatable bonds is 5. The van der Waals surface area contributed by atoms with Gasteiger partial charge in [0.25, 0.3) is 5.88 Å². The zero-order chi connectivity index (χ0) is 12.8. The first-order valence-electron chi connectivity index (χ1n) is 4.90. The molecular weight excluding hydrogens is 224 g/mol. The van der Waals surface area contributed by atoms with Crippen molar-refractivity contribution in [3.8, 4) is 5.88 Å². The molecule has 0 saturated carbocycles. The fraction of sp³-hybridized carbons (Fsp3) is 0.273. The van der Waals surface area contributed by atoms with Crippen molar-refractivity contribution in [2.24, 2.45) is 0 Å². The van der Waals surface area contributed by atoms with E-state index in [1.54, 1.807) is 19.1 Å². The Kier molecular flexibility index (Phi) is 4.33. The molecule has 0 spiro atoms. The highest BCUT2D eigenvalue weighted by molar-refractivity contribution is 5.64. The summed E-state index contributed by atoms with van der Waals surface area (Å²) in [6.07, 6.45) is 5.73. The number of aldehydes is 1. The Bertz CT molecular complexity index is 469. The number of methoxy groups -OCH3 is 1. The van der Waals surface area contributed by atoms with Gasteiger partial charge in [-0.25, -0.2) is 4.98 Å². The monoisotopic (exact) mass is 236 g/mol. The van der Waals surface area contributed by atoms with Crippen LogP contribution in [-0.2, 0) is 4.79 Å². The number of allylic oxidation sites excluding steroid dienone is 1. The van der Waals surface area contributed by atoms with E-state index >= 15 is 0 Å². The van der Waals surface area contributed by atoms with Crippen LogP contribution in [0, 0.1) is 17.0 Å². The lowest BCUT2D eigenvalue weighted by atomic mass is 10.1. The summed E-state index contributed by atoms with van der Waals surface area (Å²) in [6.45, 7) is 1.61. The number of aromatic nitrogens is 1. The molecule has 0 aliphatic rings. The molecule has 0 aliphatic heterocycles. The second-order valence-corrected chi connectivity index (χ2v) is 3.26. The van der Waals surface area contributed by atoms with E-state index in [1.165, 1.54) is 13.3 Å². The van der Waals surface area contributed by atoms with E-state index < -0.39 is 4.92 Å². The summed E-state index contributed by atoms with van der Waals surface area (Å²) in [5, 5.41) is 10.9. The molecule has 17 heavy (non-hydrogen) atoms. The zero-order valence-corrected chi connectivity index (χ0v) is 9.54. The standard InChI is InChI=1S/C11H12N2O4/c1-8-9(5-3-4-6-14)7-12-11(17-2)10(8)13(15)16/h3,5-7H,4H2,1-2H3. The van der Waals surface area contributed by atoms with Crippen molar-refractivity contribution in [1.82, 2.24) is 4.98 Å². The minimum atomic E-state index is -0.530. The molecule has 0 amide bonds. The molecule has 0 aliphatic carbocycles. The molecule has 6 nitrogen and oxygen atoms in total. The van der Waals surface area contributed by atoms with Gasteiger partial charge >= 0.3 is 5.69 Å². The molecule has 0 bridgehead atoms. The van der Waals surface area contributed by atoms with Gasteiger partial charge in [-0.3, -0.25) is 10.1 Å². The van der Waals surface area contributed by atoms with E-state index in [4.69, 9.17) is 4.74 Å². The molecule has 0 unspecified atom stereocenters. The van der Waals surface area contributed by atoms with Crippen LogP contribution < -0.4 is 4.74 Å². The number of carbonyl (C=O) groups excluding carboxylic acids is 1. The third-order valence-electron chi connectivity index (χ3n) is 2.22. The average Bonchev–Trinajstić information content (AvgIpc) is 2.30. The van der Waals surface area contributed by atoms with Gasteiger partial charge < -0.3 is 9.53 Å². The Hall–Kier alpha value is -2.24. The number of nitro groups is 1. The highest BCUT2D eigenvalue weighted by Crippen LogP contribution is 2.30. The summed E-state index contributed by atoms with van der Waals surface area (Å²) in [6, 6.07) is 0. The van der Waals surface area contributed by atoms with Crippen LogP contribution in [0.5, 0.6) is 5.88 Å². The van der Waals surface area contributed by atoms with Gasteiger partial charge in [-0.1, -0.05) is 12.2 Å². The van der Waals surface area contributed by atoms with Gasteiger partial charge in [0.1, 0.15) is 6.29 Å². The van der Waals surface area contributed by atoms with Gasteiger partial charge in [0.15, 0.2) is 0 Å². The van der Waals surface area contributed by atoms with Crippen LogP contribution in [0.2, 0.25) is 0 Å². The molecule has 1 heterocycles. The van der Waals surface area contributed by atoms with Crippen LogP contribution in [0.1, 0.15) is 17.5 Å². The predicted octanol–water partition coefficient (Wildman–Crippen LogP) is 1.91. The van der Waals surface area contributed by atoms with Crippen molar-refractivity contribution < 1.29 is 14.5 Å². The highest BCUT2D eigenvalue weighted by atomic mass is 16.6. The van der Waals surface area contributed by atoms with E-state index in [1.807, 2.05) is 0 Å². The molecule has 0 saturated heterocycles. The van der Waals surface area contributed by atoms with Crippen LogP contribution in [0.15, 0.2) is 12.3 Å². The van der Waals surface area contributed by atoms with Crippen LogP contribution in [0.25, 0.3) is 6.08 Å². The van der Waals surface area contributed by atoms with Crippen LogP contribution >= 0.6 is 0 Å². The average molecular weight is 236 g/mol. The van der Waals surface area contributed by atoms with Crippen molar-refractivity contribution in [2.45, 2.75) is 13.3 Å². The zero-order valence-electron chi connectivity index (χ0n) is 9.54. The van der Waals surface area contributed by atoms with Crippen molar-refractivity contribution in [1.29, 1.82) is 0 Å². The van der Waals surface area contributed by atoms with E-state index in [0.29, 0.717) is 11.1 Å². The smallest absolute Gasteiger partial charge is 0.334 e. The third kappa shape index (κ3) is 2.87. The van der Waals surface area contributed by atoms with E-state index in [-0.39, 0.29) is 18.0 Å². The van der Waals surface area contributed by atoms with E-state index in [9.17, 15) is 14.9 Å². The molecule has 0 atom stereocenters. The lowest BCUT2D eigenvalue weighted by molar-refractivity contribution is -0.386. The maximum absolute atomic E-state index is 10.9. The van der Waals surface area contributed by atoms with Crippen LogP contribution in [-0.4, -0.2) is 23.3 Å². The lowest BCUT2D eigenvalue weighted by Crippen LogP contribution is -2.00. The normalized spacial score (nSPS) is 10.5. The topological polar surface area (TPSA) is 82.3 Å². The van der Waals surface area contributed by atoms with Crippen molar-refractivity contribution >= 4 is 18.0 Å². The summed E-state index contributed by atoms with van der Waals surface area (Å²) in [7, 11) is 1.33. The molecule has 6 heteroatoms. The van der Waals surface area contributed by atoms with Gasteiger partial charge in [0.2, 0.25) is 0 Å². The van der Waals surface area contributed by atoms with Crippen molar-refractivity contribution in [3.05, 3.63) is 33.5 Å². The summed E-state index contributed by atoms with van der Waals surface area (Å²) >= 11 is 0. The molecular formula is C11H12N2O4. The largest absolute Gasteiger partial charge is 0.476 e. The number of hydrogen-bond donors (Lipinski definition) is 0. The molecule has 0 N–H and O–H groups in total. The molecule has 90 valence electrons. The van der Waals surface area contributed by atoms with Gasteiger partial charge in [-0.2, -0.15) is 0 Å². The van der Waals surface area contributed by atoms with Gasteiger partial charge in [-0.05, 0) is 6.92 Å². The van der Waals surface area contributed by atoms with Crippen LogP contribution in [0.3, 0.4) is 0 Å². The molecule has 0 radical (unpaired) electrons. The van der Waals surface area contributed by atoms with Crippen LogP contribution in [0.4, 0.5) is 5.69 Å². The number of pyridine rings is 1. The highest BCUT2D eigenvalue weighted by Gasteiger charge is 2.21. The Morgan fingerprint density at radius 3 is 2.82 bits per heavy atom. The SMILES string of the molecule is COc1ncc(C=CCC=O)c(C)c1[N+](=O)[O-]. The van der Waals surface area contributed by atoms with E-state index in [2.05, 4.69) is 4.98 Å². The number of nitrogens with zero attached hydrogens (tertiary/aromatic N) is 2. The summed E-state index contributed by atoms with van der Waals surface area (Å²) in [4.78, 5) is 24.4. The van der Waals surface area contributed by atoms with Crippen molar-refractivity contribution in [3.63, 3.8) is 0 Å². The number of hydrogen-bond acceptors (Lipinski definition) is 5. The second-order valence-electron chi connectivity index (χ2n) is 3.26. The van der Waals surface area contributed by atoms with Gasteiger partial charge in [0.05, 0.1) is 12.0 Å². The van der Waals surface area contributed by atoms with Crippen molar-refractivity contribution in [2.75, 3.05) is 7.11 Å². The molecule has 0 fully saturated rings. The summed E-state index contributed by atoms with van der Waals surface area (Å²) in [5.41, 5.74) is 0.907. The fourth-order valence-corrected chi connectivity index (χ4v) is 1.37. The molecule has 0 aromatic carbocycles. The minimum absolute atomic E-state index is 0.0139. The Morgan fingerprint density at radius 2 is 2.29 bits per heavy atom. The predicted molar refractivity (Wildman–Crippen MR) is 61.9 cm³/mol. The Morgan fingerprint density at radius 1 is 1.59 bits per heavy atom. The molecule has 1 aromatic rings. The first-order valence-corrected chi connectivity index (χ1v) is 4.90.